The molecule has 0 aromatic rings. The van der Waals surface area contributed by atoms with Gasteiger partial charge in [0.15, 0.2) is 0 Å². The quantitative estimate of drug-likeness (QED) is 0.508. The van der Waals surface area contributed by atoms with Crippen molar-refractivity contribution in [1.29, 1.82) is 0 Å². The van der Waals surface area contributed by atoms with Gasteiger partial charge in [0, 0.05) is 0 Å². The molecule has 0 rings (SSSR count). The lowest BCUT2D eigenvalue weighted by molar-refractivity contribution is -0.133. The van der Waals surface area contributed by atoms with Crippen molar-refractivity contribution in [2.75, 3.05) is 0 Å². The molecule has 0 spiro atoms. The lowest BCUT2D eigenvalue weighted by atomic mass is 10.0. The summed E-state index contributed by atoms with van der Waals surface area (Å²) in [5, 5.41) is 8.67. The number of carbonyl (C=O) groups is 1. The van der Waals surface area contributed by atoms with Gasteiger partial charge in [-0.15, -0.1) is 0 Å². The fraction of sp³-hybridized carbons (Fsp3) is 0.444. The smallest absolute Gasteiger partial charge is 0.334 e. The number of hydrogen-bond acceptors (Lipinski definition) is 2. The van der Waals surface area contributed by atoms with Gasteiger partial charge in [0.1, 0.15) is 6.26 Å². The number of carboxylic acid groups (broad SMARTS) is 1. The molecule has 0 aromatic heterocycles. The number of aliphatic carboxylic acids is 1. The van der Waals surface area contributed by atoms with E-state index in [1.165, 1.54) is 12.5 Å². The second-order valence-electron chi connectivity index (χ2n) is 2.85. The average Bonchev–Trinajstić information content (AvgIpc) is 1.96. The van der Waals surface area contributed by atoms with Crippen LogP contribution in [0.2, 0.25) is 0 Å². The Morgan fingerprint density at radius 1 is 1.67 bits per heavy atom. The zero-order valence-electron chi connectivity index (χ0n) is 7.41. The standard InChI is InChI=1S/C9H14O3/c1-4-12-6-8(9(10)11)5-7(2)3/h4,6-7H,1,5H2,2-3H3,(H,10,11). The third-order valence-corrected chi connectivity index (χ3v) is 1.21. The predicted molar refractivity (Wildman–Crippen MR) is 46.5 cm³/mol. The van der Waals surface area contributed by atoms with Crippen molar-refractivity contribution in [3.05, 3.63) is 24.7 Å². The zero-order chi connectivity index (χ0) is 9.56. The van der Waals surface area contributed by atoms with Crippen LogP contribution in [0.3, 0.4) is 0 Å². The van der Waals surface area contributed by atoms with E-state index in [0.717, 1.165) is 0 Å². The summed E-state index contributed by atoms with van der Waals surface area (Å²) in [4.78, 5) is 10.6. The van der Waals surface area contributed by atoms with E-state index >= 15 is 0 Å². The van der Waals surface area contributed by atoms with E-state index in [-0.39, 0.29) is 5.57 Å². The van der Waals surface area contributed by atoms with Crippen molar-refractivity contribution >= 4 is 5.97 Å². The summed E-state index contributed by atoms with van der Waals surface area (Å²) in [7, 11) is 0. The molecule has 0 amide bonds. The van der Waals surface area contributed by atoms with E-state index < -0.39 is 5.97 Å². The van der Waals surface area contributed by atoms with Crippen LogP contribution in [0.25, 0.3) is 0 Å². The normalized spacial score (nSPS) is 11.4. The van der Waals surface area contributed by atoms with Crippen molar-refractivity contribution in [3.8, 4) is 0 Å². The van der Waals surface area contributed by atoms with E-state index in [2.05, 4.69) is 11.3 Å². The Labute approximate surface area is 72.3 Å². The van der Waals surface area contributed by atoms with Crippen LogP contribution in [0.5, 0.6) is 0 Å². The largest absolute Gasteiger partial charge is 0.478 e. The minimum atomic E-state index is -0.939. The molecule has 0 aliphatic heterocycles. The second kappa shape index (κ2) is 5.41. The zero-order valence-corrected chi connectivity index (χ0v) is 7.41. The first kappa shape index (κ1) is 10.8. The first-order valence-electron chi connectivity index (χ1n) is 3.76. The van der Waals surface area contributed by atoms with Gasteiger partial charge in [-0.05, 0) is 12.3 Å². The van der Waals surface area contributed by atoms with Gasteiger partial charge in [0.25, 0.3) is 0 Å². The van der Waals surface area contributed by atoms with Crippen molar-refractivity contribution in [2.24, 2.45) is 5.92 Å². The van der Waals surface area contributed by atoms with Gasteiger partial charge < -0.3 is 9.84 Å². The second-order valence-corrected chi connectivity index (χ2v) is 2.85. The minimum absolute atomic E-state index is 0.268. The topological polar surface area (TPSA) is 46.5 Å². The maximum Gasteiger partial charge on any atom is 0.334 e. The molecule has 0 aromatic carbocycles. The molecule has 12 heavy (non-hydrogen) atoms. The molecule has 3 nitrogen and oxygen atoms in total. The Bertz CT molecular complexity index is 192. The first-order valence-corrected chi connectivity index (χ1v) is 3.76. The molecule has 0 aliphatic carbocycles. The highest BCUT2D eigenvalue weighted by molar-refractivity contribution is 5.86. The third-order valence-electron chi connectivity index (χ3n) is 1.21. The van der Waals surface area contributed by atoms with E-state index in [1.807, 2.05) is 13.8 Å². The number of hydrogen-bond donors (Lipinski definition) is 1. The molecule has 0 unspecified atom stereocenters. The third kappa shape index (κ3) is 4.55. The Kier molecular flexibility index (Phi) is 4.84. The lowest BCUT2D eigenvalue weighted by Crippen LogP contribution is -2.04. The van der Waals surface area contributed by atoms with E-state index in [4.69, 9.17) is 5.11 Å². The number of rotatable bonds is 5. The molecule has 0 saturated carbocycles. The summed E-state index contributed by atoms with van der Waals surface area (Å²) in [6.45, 7) is 7.21. The van der Waals surface area contributed by atoms with E-state index in [0.29, 0.717) is 12.3 Å². The van der Waals surface area contributed by atoms with Crippen molar-refractivity contribution in [3.63, 3.8) is 0 Å². The highest BCUT2D eigenvalue weighted by Crippen LogP contribution is 2.10. The SMILES string of the molecule is C=COC=C(CC(C)C)C(=O)O. The molecule has 3 heteroatoms. The monoisotopic (exact) mass is 170 g/mol. The maximum absolute atomic E-state index is 10.6. The molecule has 0 radical (unpaired) electrons. The van der Waals surface area contributed by atoms with Crippen molar-refractivity contribution in [2.45, 2.75) is 20.3 Å². The fourth-order valence-corrected chi connectivity index (χ4v) is 0.756. The predicted octanol–water partition coefficient (Wildman–Crippen LogP) is 2.16. The van der Waals surface area contributed by atoms with Gasteiger partial charge in [-0.25, -0.2) is 4.79 Å². The summed E-state index contributed by atoms with van der Waals surface area (Å²) < 4.78 is 4.68. The minimum Gasteiger partial charge on any atom is -0.478 e. The Balaban J connectivity index is 4.22. The van der Waals surface area contributed by atoms with E-state index in [9.17, 15) is 4.79 Å². The van der Waals surface area contributed by atoms with Gasteiger partial charge >= 0.3 is 5.97 Å². The van der Waals surface area contributed by atoms with Gasteiger partial charge in [-0.2, -0.15) is 0 Å². The molecule has 0 fully saturated rings. The highest BCUT2D eigenvalue weighted by atomic mass is 16.5. The van der Waals surface area contributed by atoms with Crippen LogP contribution in [0, 0.1) is 5.92 Å². The number of ether oxygens (including phenoxy) is 1. The molecule has 68 valence electrons. The van der Waals surface area contributed by atoms with Crippen LogP contribution >= 0.6 is 0 Å². The maximum atomic E-state index is 10.6. The summed E-state index contributed by atoms with van der Waals surface area (Å²) in [5.41, 5.74) is 0.268. The Morgan fingerprint density at radius 3 is 2.58 bits per heavy atom. The molecular weight excluding hydrogens is 156 g/mol. The molecule has 1 N–H and O–H groups in total. The van der Waals surface area contributed by atoms with Crippen LogP contribution in [0.4, 0.5) is 0 Å². The molecule has 0 saturated heterocycles. The Hall–Kier alpha value is -1.25. The molecular formula is C9H14O3. The van der Waals surface area contributed by atoms with Gasteiger partial charge in [-0.3, -0.25) is 0 Å². The van der Waals surface area contributed by atoms with Gasteiger partial charge in [-0.1, -0.05) is 20.4 Å². The van der Waals surface area contributed by atoms with E-state index in [1.54, 1.807) is 0 Å². The molecule has 0 bridgehead atoms. The average molecular weight is 170 g/mol. The summed E-state index contributed by atoms with van der Waals surface area (Å²) >= 11 is 0. The van der Waals surface area contributed by atoms with Gasteiger partial charge in [0.05, 0.1) is 11.8 Å². The lowest BCUT2D eigenvalue weighted by Gasteiger charge is -2.04. The van der Waals surface area contributed by atoms with Crippen LogP contribution in [-0.4, -0.2) is 11.1 Å². The highest BCUT2D eigenvalue weighted by Gasteiger charge is 2.09. The van der Waals surface area contributed by atoms with Crippen LogP contribution in [-0.2, 0) is 9.53 Å². The molecule has 0 heterocycles. The molecule has 0 aliphatic rings. The van der Waals surface area contributed by atoms with Crippen LogP contribution < -0.4 is 0 Å². The van der Waals surface area contributed by atoms with Crippen LogP contribution in [0.15, 0.2) is 24.7 Å². The van der Waals surface area contributed by atoms with Gasteiger partial charge in [0.2, 0.25) is 0 Å². The fourth-order valence-electron chi connectivity index (χ4n) is 0.756. The Morgan fingerprint density at radius 2 is 2.25 bits per heavy atom. The molecule has 0 atom stereocenters. The van der Waals surface area contributed by atoms with Crippen molar-refractivity contribution in [1.82, 2.24) is 0 Å². The van der Waals surface area contributed by atoms with Crippen LogP contribution in [0.1, 0.15) is 20.3 Å². The number of carboxylic acids is 1. The summed E-state index contributed by atoms with van der Waals surface area (Å²) in [6.07, 6.45) is 2.92. The summed E-state index contributed by atoms with van der Waals surface area (Å²) in [5.74, 6) is -0.633. The summed E-state index contributed by atoms with van der Waals surface area (Å²) in [6, 6.07) is 0. The van der Waals surface area contributed by atoms with Crippen molar-refractivity contribution < 1.29 is 14.6 Å². The first-order chi connectivity index (χ1) is 5.57.